The van der Waals surface area contributed by atoms with Gasteiger partial charge in [-0.2, -0.15) is 13.2 Å². The monoisotopic (exact) mass is 466 g/mol. The smallest absolute Gasteiger partial charge is 0.354 e. The highest BCUT2D eigenvalue weighted by Crippen LogP contribution is 2.32. The number of nitrogens with zero attached hydrogens (tertiary/aromatic N) is 1. The van der Waals surface area contributed by atoms with Crippen LogP contribution in [0.1, 0.15) is 23.1 Å². The summed E-state index contributed by atoms with van der Waals surface area (Å²) in [6.07, 6.45) is -2.82. The van der Waals surface area contributed by atoms with Crippen LogP contribution in [0.25, 0.3) is 6.08 Å². The summed E-state index contributed by atoms with van der Waals surface area (Å²) in [5.74, 6) is -1.44. The molecule has 0 aromatic heterocycles. The Kier molecular flexibility index (Phi) is 7.34. The second kappa shape index (κ2) is 9.99. The van der Waals surface area contributed by atoms with Gasteiger partial charge in [-0.05, 0) is 48.0 Å². The molecule has 0 bridgehead atoms. The number of alkyl halides is 3. The van der Waals surface area contributed by atoms with Gasteiger partial charge >= 0.3 is 6.18 Å². The van der Waals surface area contributed by atoms with Gasteiger partial charge in [0.15, 0.2) is 0 Å². The van der Waals surface area contributed by atoms with E-state index in [-0.39, 0.29) is 42.3 Å². The normalized spacial score (nSPS) is 15.5. The SMILES string of the molecule is O=C(CCc1ccc(C(F)(F)F)cc1)NCCN1C(=O)S/C(=C\c2ccccc2F)C1=O. The molecule has 3 rings (SSSR count). The lowest BCUT2D eigenvalue weighted by atomic mass is 10.1. The molecule has 1 aliphatic heterocycles. The molecule has 0 unspecified atom stereocenters. The summed E-state index contributed by atoms with van der Waals surface area (Å²) in [6.45, 7) is -0.0256. The van der Waals surface area contributed by atoms with Gasteiger partial charge in [0, 0.05) is 25.1 Å². The van der Waals surface area contributed by atoms with E-state index in [0.717, 1.165) is 17.0 Å². The van der Waals surface area contributed by atoms with E-state index in [0.29, 0.717) is 17.3 Å². The molecule has 0 saturated carbocycles. The van der Waals surface area contributed by atoms with Gasteiger partial charge in [0.1, 0.15) is 5.82 Å². The molecule has 1 aliphatic rings. The first-order valence-corrected chi connectivity index (χ1v) is 10.4. The number of benzene rings is 2. The van der Waals surface area contributed by atoms with Crippen molar-refractivity contribution in [2.45, 2.75) is 19.0 Å². The molecule has 32 heavy (non-hydrogen) atoms. The molecule has 2 aromatic rings. The lowest BCUT2D eigenvalue weighted by Gasteiger charge is -2.13. The van der Waals surface area contributed by atoms with Crippen LogP contribution in [0.2, 0.25) is 0 Å². The number of hydrogen-bond acceptors (Lipinski definition) is 4. The van der Waals surface area contributed by atoms with Crippen molar-refractivity contribution in [1.29, 1.82) is 0 Å². The third-order valence-electron chi connectivity index (χ3n) is 4.64. The predicted octanol–water partition coefficient (Wildman–Crippen LogP) is 4.63. The summed E-state index contributed by atoms with van der Waals surface area (Å²) >= 11 is 0.694. The topological polar surface area (TPSA) is 66.5 Å². The molecule has 3 amide bonds. The number of imide groups is 1. The quantitative estimate of drug-likeness (QED) is 0.477. The lowest BCUT2D eigenvalue weighted by molar-refractivity contribution is -0.137. The Hall–Kier alpha value is -3.14. The average molecular weight is 466 g/mol. The van der Waals surface area contributed by atoms with Crippen molar-refractivity contribution in [2.24, 2.45) is 0 Å². The second-order valence-electron chi connectivity index (χ2n) is 6.90. The van der Waals surface area contributed by atoms with Crippen molar-refractivity contribution in [3.8, 4) is 0 Å². The molecule has 0 aliphatic carbocycles. The van der Waals surface area contributed by atoms with Crippen LogP contribution < -0.4 is 5.32 Å². The molecule has 1 heterocycles. The number of nitrogens with one attached hydrogen (secondary N) is 1. The minimum Gasteiger partial charge on any atom is -0.354 e. The van der Waals surface area contributed by atoms with E-state index in [4.69, 9.17) is 0 Å². The van der Waals surface area contributed by atoms with Gasteiger partial charge in [-0.3, -0.25) is 19.3 Å². The van der Waals surface area contributed by atoms with Gasteiger partial charge < -0.3 is 5.32 Å². The molecule has 1 saturated heterocycles. The molecule has 168 valence electrons. The Labute approximate surface area is 185 Å². The Morgan fingerprint density at radius 2 is 1.75 bits per heavy atom. The van der Waals surface area contributed by atoms with Gasteiger partial charge in [0.2, 0.25) is 5.91 Å². The third kappa shape index (κ3) is 5.97. The number of rotatable bonds is 7. The van der Waals surface area contributed by atoms with Gasteiger partial charge in [-0.1, -0.05) is 30.3 Å². The van der Waals surface area contributed by atoms with Gasteiger partial charge in [0.05, 0.1) is 10.5 Å². The molecular weight excluding hydrogens is 448 g/mol. The van der Waals surface area contributed by atoms with Crippen LogP contribution >= 0.6 is 11.8 Å². The van der Waals surface area contributed by atoms with Crippen LogP contribution in [0.3, 0.4) is 0 Å². The molecule has 5 nitrogen and oxygen atoms in total. The third-order valence-corrected chi connectivity index (χ3v) is 5.55. The Bertz CT molecular complexity index is 1050. The zero-order valence-corrected chi connectivity index (χ0v) is 17.4. The van der Waals surface area contributed by atoms with Crippen molar-refractivity contribution < 1.29 is 31.9 Å². The standard InChI is InChI=1S/C22H18F4N2O3S/c23-17-4-2-1-3-15(17)13-18-20(30)28(21(31)32-18)12-11-27-19(29)10-7-14-5-8-16(9-6-14)22(24,25)26/h1-6,8-9,13H,7,10-12H2,(H,27,29)/b18-13-. The molecule has 2 aromatic carbocycles. The van der Waals surface area contributed by atoms with E-state index in [1.165, 1.54) is 36.4 Å². The van der Waals surface area contributed by atoms with Crippen LogP contribution in [-0.4, -0.2) is 35.0 Å². The number of halogens is 4. The number of carbonyl (C=O) groups is 3. The van der Waals surface area contributed by atoms with E-state index >= 15 is 0 Å². The van der Waals surface area contributed by atoms with E-state index in [9.17, 15) is 31.9 Å². The predicted molar refractivity (Wildman–Crippen MR) is 112 cm³/mol. The number of hydrogen-bond donors (Lipinski definition) is 1. The zero-order valence-electron chi connectivity index (χ0n) is 16.6. The molecule has 1 fully saturated rings. The first-order chi connectivity index (χ1) is 15.1. The van der Waals surface area contributed by atoms with Crippen molar-refractivity contribution in [3.05, 3.63) is 75.9 Å². The molecule has 0 spiro atoms. The van der Waals surface area contributed by atoms with E-state index < -0.39 is 28.7 Å². The number of thioether (sulfide) groups is 1. The maximum atomic E-state index is 13.8. The summed E-state index contributed by atoms with van der Waals surface area (Å²) in [6, 6.07) is 10.4. The largest absolute Gasteiger partial charge is 0.416 e. The zero-order chi connectivity index (χ0) is 23.3. The van der Waals surface area contributed by atoms with Crippen LogP contribution in [0.4, 0.5) is 22.4 Å². The van der Waals surface area contributed by atoms with E-state index in [2.05, 4.69) is 5.32 Å². The van der Waals surface area contributed by atoms with Crippen LogP contribution in [0.5, 0.6) is 0 Å². The van der Waals surface area contributed by atoms with Gasteiger partial charge in [-0.25, -0.2) is 4.39 Å². The first-order valence-electron chi connectivity index (χ1n) is 9.58. The molecule has 0 atom stereocenters. The number of amides is 3. The number of carbonyl (C=O) groups excluding carboxylic acids is 3. The Morgan fingerprint density at radius 3 is 2.41 bits per heavy atom. The molecular formula is C22H18F4N2O3S. The summed E-state index contributed by atoms with van der Waals surface area (Å²) < 4.78 is 51.5. The fourth-order valence-electron chi connectivity index (χ4n) is 2.94. The fourth-order valence-corrected chi connectivity index (χ4v) is 3.80. The fraction of sp³-hybridized carbons (Fsp3) is 0.227. The molecule has 0 radical (unpaired) electrons. The van der Waals surface area contributed by atoms with Crippen LogP contribution in [0, 0.1) is 5.82 Å². The minimum atomic E-state index is -4.41. The van der Waals surface area contributed by atoms with E-state index in [1.807, 2.05) is 0 Å². The van der Waals surface area contributed by atoms with Crippen LogP contribution in [-0.2, 0) is 22.2 Å². The molecule has 10 heteroatoms. The Balaban J connectivity index is 1.46. The maximum absolute atomic E-state index is 13.8. The highest BCUT2D eigenvalue weighted by atomic mass is 32.2. The Morgan fingerprint density at radius 1 is 1.06 bits per heavy atom. The summed E-state index contributed by atoms with van der Waals surface area (Å²) in [4.78, 5) is 37.6. The highest BCUT2D eigenvalue weighted by Gasteiger charge is 2.34. The number of aryl methyl sites for hydroxylation is 1. The lowest BCUT2D eigenvalue weighted by Crippen LogP contribution is -2.37. The van der Waals surface area contributed by atoms with Crippen molar-refractivity contribution in [2.75, 3.05) is 13.1 Å². The van der Waals surface area contributed by atoms with E-state index in [1.54, 1.807) is 6.07 Å². The van der Waals surface area contributed by atoms with Crippen molar-refractivity contribution >= 4 is 34.9 Å². The second-order valence-corrected chi connectivity index (χ2v) is 7.89. The summed E-state index contributed by atoms with van der Waals surface area (Å²) in [5.41, 5.74) is 0.0129. The average Bonchev–Trinajstić information content (AvgIpc) is 3.01. The minimum absolute atomic E-state index is 0.0247. The van der Waals surface area contributed by atoms with Gasteiger partial charge in [0.25, 0.3) is 11.1 Å². The van der Waals surface area contributed by atoms with Crippen LogP contribution in [0.15, 0.2) is 53.4 Å². The van der Waals surface area contributed by atoms with Crippen molar-refractivity contribution in [1.82, 2.24) is 10.2 Å². The van der Waals surface area contributed by atoms with Gasteiger partial charge in [-0.15, -0.1) is 0 Å². The highest BCUT2D eigenvalue weighted by molar-refractivity contribution is 8.18. The maximum Gasteiger partial charge on any atom is 0.416 e. The summed E-state index contributed by atoms with van der Waals surface area (Å²) in [7, 11) is 0. The molecule has 1 N–H and O–H groups in total. The first kappa shape index (κ1) is 23.5. The summed E-state index contributed by atoms with van der Waals surface area (Å²) in [5, 5.41) is 2.06. The van der Waals surface area contributed by atoms with Crippen molar-refractivity contribution in [3.63, 3.8) is 0 Å².